The number of hydrogen-bond donors (Lipinski definition) is 0. The zero-order chi connectivity index (χ0) is 25.1. The third-order valence-electron chi connectivity index (χ3n) is 4.82. The summed E-state index contributed by atoms with van der Waals surface area (Å²) in [5.74, 6) is -0.301. The molecule has 0 spiro atoms. The lowest BCUT2D eigenvalue weighted by atomic mass is 9.85. The fraction of sp³-hybridized carbons (Fsp3) is 0.304. The molecule has 0 saturated heterocycles. The van der Waals surface area contributed by atoms with Gasteiger partial charge in [-0.2, -0.15) is 21.6 Å². The first kappa shape index (κ1) is 25.7. The summed E-state index contributed by atoms with van der Waals surface area (Å²) >= 11 is 0.656. The Bertz CT molecular complexity index is 1220. The molecule has 0 saturated carbocycles. The third-order valence-corrected chi connectivity index (χ3v) is 6.82. The summed E-state index contributed by atoms with van der Waals surface area (Å²) in [6.07, 6.45) is 0.926. The lowest BCUT2D eigenvalue weighted by Crippen LogP contribution is -2.40. The molecule has 1 atom stereocenters. The Morgan fingerprint density at radius 2 is 1.59 bits per heavy atom. The number of alkyl halides is 3. The van der Waals surface area contributed by atoms with Gasteiger partial charge >= 0.3 is 15.6 Å². The van der Waals surface area contributed by atoms with Crippen molar-refractivity contribution in [1.29, 1.82) is 0 Å². The largest absolute Gasteiger partial charge is 0.534 e. The summed E-state index contributed by atoms with van der Waals surface area (Å²) < 4.78 is 65.4. The van der Waals surface area contributed by atoms with Gasteiger partial charge in [-0.1, -0.05) is 80.6 Å². The van der Waals surface area contributed by atoms with Gasteiger partial charge in [0.2, 0.25) is 5.06 Å². The molecule has 0 radical (unpaired) electrons. The second kappa shape index (κ2) is 9.75. The van der Waals surface area contributed by atoms with Crippen LogP contribution in [0, 0.1) is 5.41 Å². The lowest BCUT2D eigenvalue weighted by molar-refractivity contribution is -0.0499. The normalized spacial score (nSPS) is 13.4. The van der Waals surface area contributed by atoms with E-state index < -0.39 is 32.1 Å². The van der Waals surface area contributed by atoms with Crippen LogP contribution in [0.1, 0.15) is 47.7 Å². The molecule has 0 aliphatic heterocycles. The van der Waals surface area contributed by atoms with Gasteiger partial charge in [-0.25, -0.2) is 4.98 Å². The van der Waals surface area contributed by atoms with Crippen molar-refractivity contribution in [1.82, 2.24) is 9.88 Å². The first-order chi connectivity index (χ1) is 15.8. The average molecular weight is 513 g/mol. The Kier molecular flexibility index (Phi) is 7.37. The number of benzene rings is 2. The van der Waals surface area contributed by atoms with Crippen molar-refractivity contribution in [3.63, 3.8) is 0 Å². The second-order valence-corrected chi connectivity index (χ2v) is 11.1. The fourth-order valence-electron chi connectivity index (χ4n) is 3.37. The molecule has 3 rings (SSSR count). The van der Waals surface area contributed by atoms with Gasteiger partial charge in [-0.15, -0.1) is 0 Å². The van der Waals surface area contributed by atoms with E-state index in [1.807, 2.05) is 51.1 Å². The van der Waals surface area contributed by atoms with Crippen LogP contribution in [-0.2, 0) is 16.7 Å². The summed E-state index contributed by atoms with van der Waals surface area (Å²) in [7, 11) is -5.84. The molecule has 0 bridgehead atoms. The molecule has 3 aromatic rings. The van der Waals surface area contributed by atoms with Crippen LogP contribution in [0.5, 0.6) is 5.06 Å². The van der Waals surface area contributed by atoms with Crippen molar-refractivity contribution < 1.29 is 30.6 Å². The van der Waals surface area contributed by atoms with Crippen LogP contribution in [0.2, 0.25) is 0 Å². The van der Waals surface area contributed by atoms with Crippen LogP contribution in [0.25, 0.3) is 0 Å². The van der Waals surface area contributed by atoms with Crippen LogP contribution in [-0.4, -0.2) is 29.7 Å². The number of halogens is 3. The molecule has 1 unspecified atom stereocenters. The topological polar surface area (TPSA) is 76.6 Å². The molecule has 0 fully saturated rings. The number of carbonyl (C=O) groups is 1. The van der Waals surface area contributed by atoms with E-state index in [2.05, 4.69) is 9.17 Å². The van der Waals surface area contributed by atoms with Gasteiger partial charge in [0.15, 0.2) is 0 Å². The molecule has 11 heteroatoms. The van der Waals surface area contributed by atoms with Crippen molar-refractivity contribution in [2.24, 2.45) is 5.41 Å². The third kappa shape index (κ3) is 5.95. The summed E-state index contributed by atoms with van der Waals surface area (Å²) in [4.78, 5) is 19.3. The standard InChI is InChI=1S/C23H23F3N2O4S2/c1-22(2,3)19(20-27-14-18(33-20)32-34(30,31)23(24,25)26)28(15-16-10-6-4-7-11-16)21(29)17-12-8-5-9-13-17/h4-14,19H,15H2,1-3H3. The molecule has 6 nitrogen and oxygen atoms in total. The molecule has 1 aromatic heterocycles. The van der Waals surface area contributed by atoms with Gasteiger partial charge in [0.25, 0.3) is 5.91 Å². The zero-order valence-corrected chi connectivity index (χ0v) is 20.2. The zero-order valence-electron chi connectivity index (χ0n) is 18.6. The Morgan fingerprint density at radius 1 is 1.03 bits per heavy atom. The van der Waals surface area contributed by atoms with E-state index in [0.717, 1.165) is 11.8 Å². The van der Waals surface area contributed by atoms with E-state index in [9.17, 15) is 26.4 Å². The number of nitrogens with zero attached hydrogens (tertiary/aromatic N) is 2. The minimum absolute atomic E-state index is 0.202. The summed E-state index contributed by atoms with van der Waals surface area (Å²) in [5, 5.41) is -0.284. The second-order valence-electron chi connectivity index (χ2n) is 8.55. The van der Waals surface area contributed by atoms with Crippen LogP contribution >= 0.6 is 11.3 Å². The number of aromatic nitrogens is 1. The van der Waals surface area contributed by atoms with Crippen molar-refractivity contribution in [3.05, 3.63) is 83.0 Å². The van der Waals surface area contributed by atoms with Crippen LogP contribution < -0.4 is 4.18 Å². The molecule has 1 amide bonds. The highest BCUT2D eigenvalue weighted by molar-refractivity contribution is 7.88. The SMILES string of the molecule is CC(C)(C)C(c1ncc(OS(=O)(=O)C(F)(F)F)s1)N(Cc1ccccc1)C(=O)c1ccccc1. The van der Waals surface area contributed by atoms with Crippen molar-refractivity contribution in [3.8, 4) is 5.06 Å². The first-order valence-corrected chi connectivity index (χ1v) is 12.4. The van der Waals surface area contributed by atoms with Crippen LogP contribution in [0.15, 0.2) is 66.9 Å². The van der Waals surface area contributed by atoms with Gasteiger partial charge < -0.3 is 9.08 Å². The smallest absolute Gasteiger partial charge is 0.363 e. The Morgan fingerprint density at radius 3 is 2.12 bits per heavy atom. The summed E-state index contributed by atoms with van der Waals surface area (Å²) in [5.41, 5.74) is -4.91. The van der Waals surface area contributed by atoms with Crippen molar-refractivity contribution in [2.45, 2.75) is 38.9 Å². The average Bonchev–Trinajstić information content (AvgIpc) is 3.19. The lowest BCUT2D eigenvalue weighted by Gasteiger charge is -2.39. The highest BCUT2D eigenvalue weighted by atomic mass is 32.2. The van der Waals surface area contributed by atoms with Gasteiger partial charge in [0, 0.05) is 12.1 Å². The Labute approximate surface area is 200 Å². The van der Waals surface area contributed by atoms with Crippen LogP contribution in [0.3, 0.4) is 0 Å². The van der Waals surface area contributed by atoms with Crippen molar-refractivity contribution in [2.75, 3.05) is 0 Å². The molecular weight excluding hydrogens is 489 g/mol. The molecule has 0 aliphatic carbocycles. The van der Waals surface area contributed by atoms with Crippen LogP contribution in [0.4, 0.5) is 13.2 Å². The molecule has 0 aliphatic rings. The first-order valence-electron chi connectivity index (χ1n) is 10.2. The predicted octanol–water partition coefficient (Wildman–Crippen LogP) is 5.80. The summed E-state index contributed by atoms with van der Waals surface area (Å²) in [6, 6.07) is 17.1. The highest BCUT2D eigenvalue weighted by Gasteiger charge is 2.49. The molecule has 182 valence electrons. The monoisotopic (exact) mass is 512 g/mol. The highest BCUT2D eigenvalue weighted by Crippen LogP contribution is 2.43. The van der Waals surface area contributed by atoms with Gasteiger partial charge in [-0.05, 0) is 23.1 Å². The van der Waals surface area contributed by atoms with Gasteiger partial charge in [-0.3, -0.25) is 4.79 Å². The minimum atomic E-state index is -5.84. The maximum absolute atomic E-state index is 13.6. The van der Waals surface area contributed by atoms with E-state index in [-0.39, 0.29) is 17.5 Å². The number of carbonyl (C=O) groups excluding carboxylic acids is 1. The van der Waals surface area contributed by atoms with Gasteiger partial charge in [0.1, 0.15) is 5.01 Å². The fourth-order valence-corrected chi connectivity index (χ4v) is 5.14. The molecule has 2 aromatic carbocycles. The van der Waals surface area contributed by atoms with E-state index in [0.29, 0.717) is 16.9 Å². The number of amides is 1. The molecule has 1 heterocycles. The molecule has 34 heavy (non-hydrogen) atoms. The van der Waals surface area contributed by atoms with E-state index in [1.165, 1.54) is 0 Å². The minimum Gasteiger partial charge on any atom is -0.363 e. The van der Waals surface area contributed by atoms with Crippen molar-refractivity contribution >= 4 is 27.4 Å². The number of hydrogen-bond acceptors (Lipinski definition) is 6. The van der Waals surface area contributed by atoms with Gasteiger partial charge in [0.05, 0.1) is 12.2 Å². The summed E-state index contributed by atoms with van der Waals surface area (Å²) in [6.45, 7) is 5.79. The van der Waals surface area contributed by atoms with E-state index in [1.54, 1.807) is 35.2 Å². The maximum Gasteiger partial charge on any atom is 0.534 e. The quantitative estimate of drug-likeness (QED) is 0.295. The number of rotatable bonds is 7. The molecule has 0 N–H and O–H groups in total. The number of thiazole rings is 1. The maximum atomic E-state index is 13.6. The van der Waals surface area contributed by atoms with E-state index >= 15 is 0 Å². The Balaban J connectivity index is 2.05. The predicted molar refractivity (Wildman–Crippen MR) is 123 cm³/mol. The Hall–Kier alpha value is -2.92. The molecular formula is C23H23F3N2O4S2. The van der Waals surface area contributed by atoms with E-state index in [4.69, 9.17) is 0 Å².